The topological polar surface area (TPSA) is 113 Å². The molecule has 0 aromatic heterocycles. The van der Waals surface area contributed by atoms with E-state index in [2.05, 4.69) is 16.0 Å². The van der Waals surface area contributed by atoms with E-state index in [1.807, 2.05) is 0 Å². The Morgan fingerprint density at radius 2 is 1.88 bits per heavy atom. The van der Waals surface area contributed by atoms with Crippen molar-refractivity contribution in [1.29, 1.82) is 0 Å². The quantitative estimate of drug-likeness (QED) is 0.475. The summed E-state index contributed by atoms with van der Waals surface area (Å²) in [5.74, 6) is -0.842. The number of nitro groups is 1. The molecule has 0 aliphatic carbocycles. The molecule has 0 aliphatic rings. The van der Waals surface area contributed by atoms with Crippen LogP contribution < -0.4 is 16.0 Å². The smallest absolute Gasteiger partial charge is 0.379 e. The second-order valence-corrected chi connectivity index (χ2v) is 5.66. The van der Waals surface area contributed by atoms with Crippen LogP contribution in [0.15, 0.2) is 18.2 Å². The number of carbonyl (C=O) groups excluding carboxylic acids is 2. The molecular formula is C15H19F3N4O4. The van der Waals surface area contributed by atoms with Crippen LogP contribution in [0.5, 0.6) is 0 Å². The molecule has 0 heterocycles. The number of hydrogen-bond donors (Lipinski definition) is 3. The van der Waals surface area contributed by atoms with E-state index >= 15 is 0 Å². The fourth-order valence-electron chi connectivity index (χ4n) is 1.96. The SMILES string of the molecule is CC(C)NC(=O)CNC(=O)CCNc1ccc(C(F)(F)F)cc1[N+](=O)[O-]. The Labute approximate surface area is 147 Å². The maximum Gasteiger partial charge on any atom is 0.416 e. The molecule has 0 fully saturated rings. The molecule has 26 heavy (non-hydrogen) atoms. The summed E-state index contributed by atoms with van der Waals surface area (Å²) >= 11 is 0. The number of nitro benzene ring substituents is 1. The molecule has 3 N–H and O–H groups in total. The lowest BCUT2D eigenvalue weighted by atomic mass is 10.1. The summed E-state index contributed by atoms with van der Waals surface area (Å²) in [6.07, 6.45) is -4.81. The molecule has 0 unspecified atom stereocenters. The second kappa shape index (κ2) is 9.02. The van der Waals surface area contributed by atoms with Crippen LogP contribution >= 0.6 is 0 Å². The van der Waals surface area contributed by atoms with E-state index < -0.39 is 28.3 Å². The Balaban J connectivity index is 2.58. The van der Waals surface area contributed by atoms with Crippen molar-refractivity contribution in [3.05, 3.63) is 33.9 Å². The van der Waals surface area contributed by atoms with Gasteiger partial charge in [-0.25, -0.2) is 0 Å². The van der Waals surface area contributed by atoms with Crippen LogP contribution in [0.3, 0.4) is 0 Å². The molecule has 0 bridgehead atoms. The average molecular weight is 376 g/mol. The van der Waals surface area contributed by atoms with Gasteiger partial charge >= 0.3 is 6.18 Å². The number of hydrogen-bond acceptors (Lipinski definition) is 5. The number of alkyl halides is 3. The first-order valence-corrected chi connectivity index (χ1v) is 7.66. The summed E-state index contributed by atoms with van der Waals surface area (Å²) in [4.78, 5) is 33.0. The first kappa shape index (κ1) is 21.2. The lowest BCUT2D eigenvalue weighted by Crippen LogP contribution is -2.40. The third-order valence-electron chi connectivity index (χ3n) is 3.09. The highest BCUT2D eigenvalue weighted by molar-refractivity contribution is 5.85. The number of nitrogens with zero attached hydrogens (tertiary/aromatic N) is 1. The first-order valence-electron chi connectivity index (χ1n) is 7.66. The molecule has 1 rings (SSSR count). The van der Waals surface area contributed by atoms with E-state index in [0.29, 0.717) is 12.1 Å². The normalized spacial score (nSPS) is 11.2. The molecular weight excluding hydrogens is 357 g/mol. The summed E-state index contributed by atoms with van der Waals surface area (Å²) in [7, 11) is 0. The van der Waals surface area contributed by atoms with Crippen molar-refractivity contribution < 1.29 is 27.7 Å². The first-order chi connectivity index (χ1) is 12.0. The van der Waals surface area contributed by atoms with E-state index in [-0.39, 0.29) is 37.1 Å². The van der Waals surface area contributed by atoms with Crippen molar-refractivity contribution in [2.24, 2.45) is 0 Å². The van der Waals surface area contributed by atoms with E-state index in [9.17, 15) is 32.9 Å². The van der Waals surface area contributed by atoms with Crippen LogP contribution in [0.2, 0.25) is 0 Å². The lowest BCUT2D eigenvalue weighted by molar-refractivity contribution is -0.384. The largest absolute Gasteiger partial charge is 0.416 e. The Morgan fingerprint density at radius 3 is 2.42 bits per heavy atom. The monoisotopic (exact) mass is 376 g/mol. The van der Waals surface area contributed by atoms with Gasteiger partial charge in [0.25, 0.3) is 5.69 Å². The third-order valence-corrected chi connectivity index (χ3v) is 3.09. The van der Waals surface area contributed by atoms with E-state index in [0.717, 1.165) is 6.07 Å². The zero-order chi connectivity index (χ0) is 19.9. The maximum atomic E-state index is 12.6. The molecule has 2 amide bonds. The van der Waals surface area contributed by atoms with Gasteiger partial charge in [-0.2, -0.15) is 13.2 Å². The number of amides is 2. The Hall–Kier alpha value is -2.85. The fraction of sp³-hybridized carbons (Fsp3) is 0.467. The minimum absolute atomic E-state index is 0.0517. The number of anilines is 1. The molecule has 11 heteroatoms. The molecule has 1 aromatic carbocycles. The van der Waals surface area contributed by atoms with Gasteiger partial charge in [0.15, 0.2) is 0 Å². The molecule has 0 spiro atoms. The highest BCUT2D eigenvalue weighted by Crippen LogP contribution is 2.34. The average Bonchev–Trinajstić information content (AvgIpc) is 2.51. The molecule has 8 nitrogen and oxygen atoms in total. The van der Waals surface area contributed by atoms with Gasteiger partial charge in [0, 0.05) is 25.1 Å². The molecule has 0 atom stereocenters. The summed E-state index contributed by atoms with van der Waals surface area (Å²) in [5.41, 5.74) is -2.01. The second-order valence-electron chi connectivity index (χ2n) is 5.66. The Morgan fingerprint density at radius 1 is 1.23 bits per heavy atom. The minimum atomic E-state index is -4.69. The summed E-state index contributed by atoms with van der Waals surface area (Å²) in [6, 6.07) is 2.01. The number of benzene rings is 1. The van der Waals surface area contributed by atoms with E-state index in [4.69, 9.17) is 0 Å². The third kappa shape index (κ3) is 6.95. The number of rotatable bonds is 8. The Bertz CT molecular complexity index is 677. The van der Waals surface area contributed by atoms with Gasteiger partial charge in [0.1, 0.15) is 5.69 Å². The van der Waals surface area contributed by atoms with Crippen LogP contribution in [0.25, 0.3) is 0 Å². The fourth-order valence-corrected chi connectivity index (χ4v) is 1.96. The van der Waals surface area contributed by atoms with Crippen LogP contribution in [-0.2, 0) is 15.8 Å². The van der Waals surface area contributed by atoms with Crippen LogP contribution in [0.1, 0.15) is 25.8 Å². The van der Waals surface area contributed by atoms with Gasteiger partial charge < -0.3 is 16.0 Å². The zero-order valence-corrected chi connectivity index (χ0v) is 14.1. The lowest BCUT2D eigenvalue weighted by Gasteiger charge is -2.11. The highest BCUT2D eigenvalue weighted by atomic mass is 19.4. The van der Waals surface area contributed by atoms with Crippen molar-refractivity contribution in [2.45, 2.75) is 32.5 Å². The van der Waals surface area contributed by atoms with Gasteiger partial charge in [-0.1, -0.05) is 0 Å². The standard InChI is InChI=1S/C15H19F3N4O4/c1-9(2)21-14(24)8-20-13(23)5-6-19-11-4-3-10(15(16,17)18)7-12(11)22(25)26/h3-4,7,9,19H,5-6,8H2,1-2H3,(H,20,23)(H,21,24). The van der Waals surface area contributed by atoms with E-state index in [1.165, 1.54) is 0 Å². The Kier molecular flexibility index (Phi) is 7.35. The molecule has 0 radical (unpaired) electrons. The highest BCUT2D eigenvalue weighted by Gasteiger charge is 2.33. The number of carbonyl (C=O) groups is 2. The predicted octanol–water partition coefficient (Wildman–Crippen LogP) is 2.06. The summed E-state index contributed by atoms with van der Waals surface area (Å²) < 4.78 is 37.9. The van der Waals surface area contributed by atoms with Crippen LogP contribution in [0.4, 0.5) is 24.5 Å². The van der Waals surface area contributed by atoms with E-state index in [1.54, 1.807) is 13.8 Å². The van der Waals surface area contributed by atoms with Crippen molar-refractivity contribution in [3.8, 4) is 0 Å². The minimum Gasteiger partial charge on any atom is -0.379 e. The van der Waals surface area contributed by atoms with Gasteiger partial charge in [0.05, 0.1) is 17.0 Å². The summed E-state index contributed by atoms with van der Waals surface area (Å²) in [6.45, 7) is 3.27. The van der Waals surface area contributed by atoms with Gasteiger partial charge in [0.2, 0.25) is 11.8 Å². The van der Waals surface area contributed by atoms with Crippen molar-refractivity contribution >= 4 is 23.2 Å². The van der Waals surface area contributed by atoms with Crippen LogP contribution in [-0.4, -0.2) is 35.9 Å². The number of nitrogens with one attached hydrogen (secondary N) is 3. The van der Waals surface area contributed by atoms with Crippen LogP contribution in [0, 0.1) is 10.1 Å². The predicted molar refractivity (Wildman–Crippen MR) is 87.5 cm³/mol. The van der Waals surface area contributed by atoms with Crippen molar-refractivity contribution in [1.82, 2.24) is 10.6 Å². The van der Waals surface area contributed by atoms with Gasteiger partial charge in [-0.15, -0.1) is 0 Å². The van der Waals surface area contributed by atoms with Gasteiger partial charge in [-0.05, 0) is 26.0 Å². The molecule has 144 valence electrons. The van der Waals surface area contributed by atoms with Crippen molar-refractivity contribution in [2.75, 3.05) is 18.4 Å². The van der Waals surface area contributed by atoms with Crippen molar-refractivity contribution in [3.63, 3.8) is 0 Å². The maximum absolute atomic E-state index is 12.6. The molecule has 0 saturated heterocycles. The molecule has 0 aliphatic heterocycles. The summed E-state index contributed by atoms with van der Waals surface area (Å²) in [5, 5.41) is 18.4. The molecule has 0 saturated carbocycles. The van der Waals surface area contributed by atoms with Gasteiger partial charge in [-0.3, -0.25) is 19.7 Å². The molecule has 1 aromatic rings. The zero-order valence-electron chi connectivity index (χ0n) is 14.1. The number of halogens is 3.